The van der Waals surface area contributed by atoms with Crippen LogP contribution in [0.5, 0.6) is 0 Å². The van der Waals surface area contributed by atoms with Crippen molar-refractivity contribution in [1.29, 1.82) is 0 Å². The van der Waals surface area contributed by atoms with E-state index in [0.29, 0.717) is 10.6 Å². The molecular weight excluding hydrogens is 384 g/mol. The maximum absolute atomic E-state index is 12.5. The fourth-order valence-corrected chi connectivity index (χ4v) is 3.99. The molecule has 0 aliphatic rings. The number of thiazole rings is 1. The first kappa shape index (κ1) is 18.9. The summed E-state index contributed by atoms with van der Waals surface area (Å²) in [7, 11) is -3.42. The molecule has 6 nitrogen and oxygen atoms in total. The van der Waals surface area contributed by atoms with Gasteiger partial charge in [-0.1, -0.05) is 47.7 Å². The van der Waals surface area contributed by atoms with E-state index in [4.69, 9.17) is 0 Å². The van der Waals surface area contributed by atoms with Crippen LogP contribution >= 0.6 is 11.3 Å². The highest BCUT2D eigenvalue weighted by Gasteiger charge is 2.19. The van der Waals surface area contributed by atoms with Crippen molar-refractivity contribution >= 4 is 38.0 Å². The lowest BCUT2D eigenvalue weighted by Crippen LogP contribution is -2.12. The quantitative estimate of drug-likeness (QED) is 0.660. The summed E-state index contributed by atoms with van der Waals surface area (Å²) in [5.74, 6) is -0.644. The average molecular weight is 400 g/mol. The number of hydrogen-bond donors (Lipinski definition) is 1. The molecule has 0 aliphatic carbocycles. The highest BCUT2D eigenvalue weighted by atomic mass is 32.2. The molecule has 1 N–H and O–H groups in total. The molecule has 3 rings (SSSR count). The minimum atomic E-state index is -3.42. The van der Waals surface area contributed by atoms with Gasteiger partial charge in [-0.15, -0.1) is 0 Å². The van der Waals surface area contributed by atoms with Crippen LogP contribution in [0.2, 0.25) is 0 Å². The number of nitrogens with one attached hydrogen (secondary N) is 1. The molecule has 0 bridgehead atoms. The van der Waals surface area contributed by atoms with Gasteiger partial charge in [0, 0.05) is 24.3 Å². The molecule has 27 heavy (non-hydrogen) atoms. The first-order valence-corrected chi connectivity index (χ1v) is 10.6. The van der Waals surface area contributed by atoms with Crippen LogP contribution in [0.25, 0.3) is 11.3 Å². The van der Waals surface area contributed by atoms with E-state index in [0.717, 1.165) is 23.2 Å². The molecule has 0 aliphatic heterocycles. The molecule has 0 unspecified atom stereocenters. The summed E-state index contributed by atoms with van der Waals surface area (Å²) in [5, 5.41) is 2.92. The van der Waals surface area contributed by atoms with E-state index in [1.54, 1.807) is 0 Å². The van der Waals surface area contributed by atoms with Gasteiger partial charge in [-0.25, -0.2) is 13.4 Å². The largest absolute Gasteiger partial charge is 0.298 e. The molecule has 1 heterocycles. The third-order valence-corrected chi connectivity index (χ3v) is 5.92. The van der Waals surface area contributed by atoms with Gasteiger partial charge in [0.05, 0.1) is 15.5 Å². The van der Waals surface area contributed by atoms with Crippen LogP contribution in [-0.2, 0) is 9.84 Å². The number of carbonyl (C=O) groups excluding carboxylic acids is 2. The molecule has 138 valence electrons. The molecule has 1 amide bonds. The number of rotatable bonds is 5. The van der Waals surface area contributed by atoms with Crippen LogP contribution in [0, 0.1) is 0 Å². The van der Waals surface area contributed by atoms with Crippen LogP contribution < -0.4 is 5.32 Å². The van der Waals surface area contributed by atoms with Crippen LogP contribution in [0.4, 0.5) is 5.13 Å². The third-order valence-electron chi connectivity index (χ3n) is 3.74. The molecule has 1 aromatic heterocycles. The second-order valence-electron chi connectivity index (χ2n) is 5.87. The summed E-state index contributed by atoms with van der Waals surface area (Å²) in [6, 6.07) is 15.0. The molecule has 0 spiro atoms. The summed E-state index contributed by atoms with van der Waals surface area (Å²) in [4.78, 5) is 29.3. The number of amides is 1. The summed E-state index contributed by atoms with van der Waals surface area (Å²) < 4.78 is 23.3. The van der Waals surface area contributed by atoms with E-state index >= 15 is 0 Å². The number of nitrogens with zero attached hydrogens (tertiary/aromatic N) is 1. The highest BCUT2D eigenvalue weighted by molar-refractivity contribution is 7.90. The lowest BCUT2D eigenvalue weighted by molar-refractivity contribution is 0.101. The van der Waals surface area contributed by atoms with Crippen molar-refractivity contribution in [3.63, 3.8) is 0 Å². The van der Waals surface area contributed by atoms with Crippen molar-refractivity contribution in [2.45, 2.75) is 11.8 Å². The first-order chi connectivity index (χ1) is 12.8. The number of sulfone groups is 1. The van der Waals surface area contributed by atoms with Gasteiger partial charge in [0.15, 0.2) is 20.8 Å². The van der Waals surface area contributed by atoms with Crippen LogP contribution in [-0.4, -0.2) is 31.3 Å². The fraction of sp³-hybridized carbons (Fsp3) is 0.105. The molecular formula is C19H16N2O4S2. The van der Waals surface area contributed by atoms with E-state index in [1.165, 1.54) is 31.2 Å². The number of ketones is 1. The maximum Gasteiger partial charge on any atom is 0.257 e. The number of hydrogen-bond acceptors (Lipinski definition) is 6. The second-order valence-corrected chi connectivity index (χ2v) is 8.89. The Bertz CT molecular complexity index is 1120. The molecule has 2 aromatic carbocycles. The zero-order valence-corrected chi connectivity index (χ0v) is 16.2. The highest BCUT2D eigenvalue weighted by Crippen LogP contribution is 2.31. The van der Waals surface area contributed by atoms with Gasteiger partial charge < -0.3 is 0 Å². The Morgan fingerprint density at radius 2 is 1.74 bits per heavy atom. The zero-order valence-electron chi connectivity index (χ0n) is 14.6. The SMILES string of the molecule is CC(=O)c1sc(NC(=O)c2cccc(S(C)(=O)=O)c2)nc1-c1ccccc1. The number of aromatic nitrogens is 1. The third kappa shape index (κ3) is 4.29. The maximum atomic E-state index is 12.5. The molecule has 8 heteroatoms. The van der Waals surface area contributed by atoms with Crippen molar-refractivity contribution < 1.29 is 18.0 Å². The van der Waals surface area contributed by atoms with Gasteiger partial charge in [-0.3, -0.25) is 14.9 Å². The van der Waals surface area contributed by atoms with Gasteiger partial charge in [-0.05, 0) is 18.2 Å². The monoisotopic (exact) mass is 400 g/mol. The molecule has 0 saturated carbocycles. The lowest BCUT2D eigenvalue weighted by atomic mass is 10.1. The van der Waals surface area contributed by atoms with Crippen LogP contribution in [0.15, 0.2) is 59.5 Å². The van der Waals surface area contributed by atoms with E-state index < -0.39 is 15.7 Å². The number of Topliss-reactive ketones (excluding diaryl/α,β-unsaturated/α-hetero) is 1. The van der Waals surface area contributed by atoms with Crippen molar-refractivity contribution in [2.75, 3.05) is 11.6 Å². The van der Waals surface area contributed by atoms with E-state index in [9.17, 15) is 18.0 Å². The molecule has 0 atom stereocenters. The van der Waals surface area contributed by atoms with Crippen LogP contribution in [0.1, 0.15) is 27.0 Å². The Morgan fingerprint density at radius 3 is 2.37 bits per heavy atom. The van der Waals surface area contributed by atoms with Crippen molar-refractivity contribution in [3.05, 3.63) is 65.0 Å². The van der Waals surface area contributed by atoms with Gasteiger partial charge >= 0.3 is 0 Å². The molecule has 3 aromatic rings. The number of carbonyl (C=O) groups is 2. The topological polar surface area (TPSA) is 93.2 Å². The fourth-order valence-electron chi connectivity index (χ4n) is 2.44. The molecule has 0 fully saturated rings. The smallest absolute Gasteiger partial charge is 0.257 e. The van der Waals surface area contributed by atoms with E-state index in [2.05, 4.69) is 10.3 Å². The predicted molar refractivity (Wildman–Crippen MR) is 105 cm³/mol. The molecule has 0 radical (unpaired) electrons. The average Bonchev–Trinajstić information content (AvgIpc) is 3.06. The number of anilines is 1. The first-order valence-electron chi connectivity index (χ1n) is 7.94. The number of benzene rings is 2. The van der Waals surface area contributed by atoms with Gasteiger partial charge in [-0.2, -0.15) is 0 Å². The zero-order chi connectivity index (χ0) is 19.6. The normalized spacial score (nSPS) is 11.2. The van der Waals surface area contributed by atoms with Gasteiger partial charge in [0.1, 0.15) is 0 Å². The van der Waals surface area contributed by atoms with Crippen LogP contribution in [0.3, 0.4) is 0 Å². The van der Waals surface area contributed by atoms with Gasteiger partial charge in [0.2, 0.25) is 0 Å². The summed E-state index contributed by atoms with van der Waals surface area (Å²) in [5.41, 5.74) is 1.48. The Hall–Kier alpha value is -2.84. The Balaban J connectivity index is 1.92. The van der Waals surface area contributed by atoms with E-state index in [1.807, 2.05) is 30.3 Å². The van der Waals surface area contributed by atoms with E-state index in [-0.39, 0.29) is 21.4 Å². The van der Waals surface area contributed by atoms with Crippen molar-refractivity contribution in [1.82, 2.24) is 4.98 Å². The summed E-state index contributed by atoms with van der Waals surface area (Å²) in [6.45, 7) is 1.45. The second kappa shape index (κ2) is 7.42. The minimum absolute atomic E-state index is 0.0590. The Labute approximate surface area is 160 Å². The Kier molecular flexibility index (Phi) is 5.20. The predicted octanol–water partition coefficient (Wildman–Crippen LogP) is 3.67. The van der Waals surface area contributed by atoms with Crippen molar-refractivity contribution in [2.24, 2.45) is 0 Å². The standard InChI is InChI=1S/C19H16N2O4S2/c1-12(22)17-16(13-7-4-3-5-8-13)20-19(26-17)21-18(23)14-9-6-10-15(11-14)27(2,24)25/h3-11H,1-2H3,(H,20,21,23). The Morgan fingerprint density at radius 1 is 1.04 bits per heavy atom. The molecule has 0 saturated heterocycles. The summed E-state index contributed by atoms with van der Waals surface area (Å²) in [6.07, 6.45) is 1.08. The van der Waals surface area contributed by atoms with Crippen molar-refractivity contribution in [3.8, 4) is 11.3 Å². The minimum Gasteiger partial charge on any atom is -0.298 e. The van der Waals surface area contributed by atoms with Gasteiger partial charge in [0.25, 0.3) is 5.91 Å². The lowest BCUT2D eigenvalue weighted by Gasteiger charge is -2.04. The summed E-state index contributed by atoms with van der Waals surface area (Å²) >= 11 is 1.08.